The summed E-state index contributed by atoms with van der Waals surface area (Å²) >= 11 is 6.40. The molecule has 2 aromatic rings. The van der Waals surface area contributed by atoms with E-state index in [2.05, 4.69) is 15.6 Å². The van der Waals surface area contributed by atoms with E-state index < -0.39 is 0 Å². The number of hydrogen-bond acceptors (Lipinski definition) is 3. The van der Waals surface area contributed by atoms with Gasteiger partial charge in [0.15, 0.2) is 0 Å². The lowest BCUT2D eigenvalue weighted by Gasteiger charge is -2.45. The first-order valence-corrected chi connectivity index (χ1v) is 11.6. The van der Waals surface area contributed by atoms with Crippen LogP contribution in [0.5, 0.6) is 0 Å². The van der Waals surface area contributed by atoms with Gasteiger partial charge in [-0.25, -0.2) is 4.98 Å². The number of nitrogens with one attached hydrogen (secondary N) is 2. The Morgan fingerprint density at radius 3 is 2.58 bits per heavy atom. The molecule has 0 unspecified atom stereocenters. The molecule has 1 aromatic heterocycles. The summed E-state index contributed by atoms with van der Waals surface area (Å²) in [5.41, 5.74) is 3.31. The van der Waals surface area contributed by atoms with Crippen LogP contribution < -0.4 is 10.6 Å². The molecule has 0 saturated heterocycles. The quantitative estimate of drug-likeness (QED) is 0.622. The Morgan fingerprint density at radius 1 is 1.16 bits per heavy atom. The Bertz CT molecular complexity index is 994. The Kier molecular flexibility index (Phi) is 6.33. The minimum absolute atomic E-state index is 0.116. The minimum Gasteiger partial charge on any atom is -0.351 e. The molecular weight excluding hydrogens is 410 g/mol. The fraction of sp³-hybridized carbons (Fsp3) is 0.480. The summed E-state index contributed by atoms with van der Waals surface area (Å²) in [6.07, 6.45) is 8.91. The summed E-state index contributed by atoms with van der Waals surface area (Å²) in [7, 11) is 0. The number of fused-ring (bicyclic) bond motifs is 2. The van der Waals surface area contributed by atoms with Gasteiger partial charge in [0.25, 0.3) is 5.91 Å². The Hall–Kier alpha value is -2.40. The molecule has 6 heteroatoms. The summed E-state index contributed by atoms with van der Waals surface area (Å²) in [4.78, 5) is 28.8. The highest BCUT2D eigenvalue weighted by Gasteiger charge is 2.39. The van der Waals surface area contributed by atoms with Crippen LogP contribution in [0, 0.1) is 18.3 Å². The number of rotatable bonds is 5. The minimum atomic E-state index is -0.160. The predicted molar refractivity (Wildman–Crippen MR) is 124 cm³/mol. The maximum absolute atomic E-state index is 13.1. The SMILES string of the molecule is CC(=O)Nc1ccc(-c2ccc(Cl)c(C(=O)NCC34CCCC(CCC3)C4)c2)c(C)n1. The maximum atomic E-state index is 13.1. The van der Waals surface area contributed by atoms with E-state index in [9.17, 15) is 9.59 Å². The number of hydrogen-bond donors (Lipinski definition) is 2. The van der Waals surface area contributed by atoms with Gasteiger partial charge in [0.05, 0.1) is 10.6 Å². The highest BCUT2D eigenvalue weighted by molar-refractivity contribution is 6.34. The van der Waals surface area contributed by atoms with Crippen LogP contribution in [0.3, 0.4) is 0 Å². The first kappa shape index (κ1) is 21.8. The second-order valence-corrected chi connectivity index (χ2v) is 9.65. The van der Waals surface area contributed by atoms with Gasteiger partial charge in [-0.05, 0) is 67.3 Å². The summed E-state index contributed by atoms with van der Waals surface area (Å²) in [6.45, 7) is 4.07. The standard InChI is InChI=1S/C25H30ClN3O2/c1-16-20(8-10-23(28-16)29-17(2)30)19-7-9-22(26)21(13-19)24(31)27-15-25-11-3-5-18(14-25)6-4-12-25/h7-10,13,18H,3-6,11-12,14-15H2,1-2H3,(H,27,31)(H,28,29,30). The molecule has 2 aliphatic carbocycles. The van der Waals surface area contributed by atoms with E-state index in [4.69, 9.17) is 11.6 Å². The molecule has 0 spiro atoms. The normalized spacial score (nSPS) is 22.6. The average molecular weight is 440 g/mol. The molecule has 2 aliphatic rings. The zero-order valence-corrected chi connectivity index (χ0v) is 19.0. The molecule has 2 amide bonds. The van der Waals surface area contributed by atoms with Crippen LogP contribution >= 0.6 is 11.6 Å². The van der Waals surface area contributed by atoms with Crippen molar-refractivity contribution in [1.82, 2.24) is 10.3 Å². The summed E-state index contributed by atoms with van der Waals surface area (Å²) in [5, 5.41) is 6.33. The van der Waals surface area contributed by atoms with Crippen molar-refractivity contribution in [2.45, 2.75) is 58.8 Å². The molecule has 2 N–H and O–H groups in total. The van der Waals surface area contributed by atoms with Crippen LogP contribution in [0.4, 0.5) is 5.82 Å². The predicted octanol–water partition coefficient (Wildman–Crippen LogP) is 5.76. The van der Waals surface area contributed by atoms with Crippen molar-refractivity contribution < 1.29 is 9.59 Å². The third-order valence-electron chi connectivity index (χ3n) is 6.90. The van der Waals surface area contributed by atoms with Gasteiger partial charge < -0.3 is 10.6 Å². The first-order valence-electron chi connectivity index (χ1n) is 11.2. The molecule has 0 aliphatic heterocycles. The lowest BCUT2D eigenvalue weighted by molar-refractivity contribution is -0.114. The van der Waals surface area contributed by atoms with Crippen LogP contribution in [0.25, 0.3) is 11.1 Å². The molecule has 164 valence electrons. The second kappa shape index (κ2) is 8.99. The average Bonchev–Trinajstić information content (AvgIpc) is 2.72. The number of benzene rings is 1. The van der Waals surface area contributed by atoms with Gasteiger partial charge in [-0.3, -0.25) is 9.59 Å². The first-order chi connectivity index (χ1) is 14.8. The van der Waals surface area contributed by atoms with E-state index in [0.717, 1.165) is 29.3 Å². The molecule has 5 nitrogen and oxygen atoms in total. The summed E-state index contributed by atoms with van der Waals surface area (Å²) < 4.78 is 0. The Labute approximate surface area is 189 Å². The van der Waals surface area contributed by atoms with Crippen molar-refractivity contribution in [3.05, 3.63) is 46.6 Å². The molecule has 4 rings (SSSR count). The number of anilines is 1. The van der Waals surface area contributed by atoms with E-state index in [1.54, 1.807) is 12.1 Å². The largest absolute Gasteiger partial charge is 0.351 e. The smallest absolute Gasteiger partial charge is 0.252 e. The van der Waals surface area contributed by atoms with Gasteiger partial charge in [0.2, 0.25) is 5.91 Å². The van der Waals surface area contributed by atoms with Gasteiger partial charge in [-0.15, -0.1) is 0 Å². The Balaban J connectivity index is 1.51. The number of carbonyl (C=O) groups is 2. The van der Waals surface area contributed by atoms with E-state index in [1.807, 2.05) is 25.1 Å². The molecule has 2 saturated carbocycles. The van der Waals surface area contributed by atoms with Gasteiger partial charge in [0.1, 0.15) is 5.82 Å². The second-order valence-electron chi connectivity index (χ2n) is 9.24. The van der Waals surface area contributed by atoms with Gasteiger partial charge in [-0.2, -0.15) is 0 Å². The number of halogens is 1. The number of amides is 2. The number of pyridine rings is 1. The zero-order valence-electron chi connectivity index (χ0n) is 18.3. The lowest BCUT2D eigenvalue weighted by Crippen LogP contribution is -2.43. The molecular formula is C25H30ClN3O2. The molecule has 1 aromatic carbocycles. The van der Waals surface area contributed by atoms with Crippen molar-refractivity contribution in [2.24, 2.45) is 11.3 Å². The molecule has 2 bridgehead atoms. The van der Waals surface area contributed by atoms with Crippen molar-refractivity contribution in [2.75, 3.05) is 11.9 Å². The number of aryl methyl sites for hydroxylation is 1. The fourth-order valence-electron chi connectivity index (χ4n) is 5.42. The number of carbonyl (C=O) groups excluding carboxylic acids is 2. The zero-order chi connectivity index (χ0) is 22.0. The molecule has 0 atom stereocenters. The Morgan fingerprint density at radius 2 is 1.90 bits per heavy atom. The van der Waals surface area contributed by atoms with E-state index in [0.29, 0.717) is 16.4 Å². The van der Waals surface area contributed by atoms with E-state index >= 15 is 0 Å². The van der Waals surface area contributed by atoms with E-state index in [1.165, 1.54) is 51.9 Å². The fourth-order valence-corrected chi connectivity index (χ4v) is 5.62. The van der Waals surface area contributed by atoms with Crippen molar-refractivity contribution in [3.8, 4) is 11.1 Å². The van der Waals surface area contributed by atoms with Gasteiger partial charge >= 0.3 is 0 Å². The molecule has 31 heavy (non-hydrogen) atoms. The number of nitrogens with zero attached hydrogens (tertiary/aromatic N) is 1. The topological polar surface area (TPSA) is 71.1 Å². The van der Waals surface area contributed by atoms with E-state index in [-0.39, 0.29) is 17.2 Å². The van der Waals surface area contributed by atoms with Crippen molar-refractivity contribution >= 4 is 29.2 Å². The molecule has 1 heterocycles. The third-order valence-corrected chi connectivity index (χ3v) is 7.23. The summed E-state index contributed by atoms with van der Waals surface area (Å²) in [6, 6.07) is 9.17. The number of aromatic nitrogens is 1. The maximum Gasteiger partial charge on any atom is 0.252 e. The van der Waals surface area contributed by atoms with Crippen molar-refractivity contribution in [3.63, 3.8) is 0 Å². The van der Waals surface area contributed by atoms with Crippen LogP contribution in [0.2, 0.25) is 5.02 Å². The van der Waals surface area contributed by atoms with Crippen LogP contribution in [-0.2, 0) is 4.79 Å². The van der Waals surface area contributed by atoms with Crippen LogP contribution in [0.15, 0.2) is 30.3 Å². The monoisotopic (exact) mass is 439 g/mol. The summed E-state index contributed by atoms with van der Waals surface area (Å²) in [5.74, 6) is 1.07. The van der Waals surface area contributed by atoms with Crippen molar-refractivity contribution in [1.29, 1.82) is 0 Å². The highest BCUT2D eigenvalue weighted by atomic mass is 35.5. The third kappa shape index (κ3) is 4.93. The van der Waals surface area contributed by atoms with Crippen LogP contribution in [0.1, 0.15) is 67.9 Å². The molecule has 2 fully saturated rings. The van der Waals surface area contributed by atoms with Gasteiger partial charge in [0, 0.05) is 24.7 Å². The lowest BCUT2D eigenvalue weighted by atomic mass is 9.62. The van der Waals surface area contributed by atoms with Crippen LogP contribution in [-0.4, -0.2) is 23.3 Å². The highest BCUT2D eigenvalue weighted by Crippen LogP contribution is 2.48. The molecule has 0 radical (unpaired) electrons. The van der Waals surface area contributed by atoms with Gasteiger partial charge in [-0.1, -0.05) is 43.4 Å².